The molecule has 0 aromatic carbocycles. The number of rotatable bonds is 4. The van der Waals surface area contributed by atoms with Gasteiger partial charge in [-0.05, 0) is 6.42 Å². The smallest absolute Gasteiger partial charge is 0.316 e. The zero-order valence-corrected chi connectivity index (χ0v) is 7.66. The maximum Gasteiger partial charge on any atom is 0.316 e. The molecular formula is C9H14O4. The van der Waals surface area contributed by atoms with Crippen molar-refractivity contribution in [1.29, 1.82) is 0 Å². The van der Waals surface area contributed by atoms with Crippen LogP contribution in [0.25, 0.3) is 0 Å². The number of aliphatic hydroxyl groups is 1. The summed E-state index contributed by atoms with van der Waals surface area (Å²) in [5.74, 6) is -1.63. The first-order valence-corrected chi connectivity index (χ1v) is 4.51. The monoisotopic (exact) mass is 186 g/mol. The Morgan fingerprint density at radius 1 is 1.69 bits per heavy atom. The van der Waals surface area contributed by atoms with E-state index in [1.165, 1.54) is 0 Å². The highest BCUT2D eigenvalue weighted by atomic mass is 16.5. The van der Waals surface area contributed by atoms with Crippen LogP contribution in [-0.4, -0.2) is 30.1 Å². The zero-order chi connectivity index (χ0) is 9.84. The molecule has 0 spiro atoms. The quantitative estimate of drug-likeness (QED) is 0.501. The number of Topliss-reactive ketones (excluding diaryl/α,β-unsaturated/α-hetero) is 1. The Balaban J connectivity index is 2.63. The van der Waals surface area contributed by atoms with E-state index in [0.717, 1.165) is 6.42 Å². The molecule has 0 aromatic heterocycles. The van der Waals surface area contributed by atoms with E-state index in [9.17, 15) is 9.59 Å². The predicted octanol–water partition coefficient (Wildman–Crippen LogP) is 0.137. The Labute approximate surface area is 76.9 Å². The Hall–Kier alpha value is -0.900. The number of esters is 1. The van der Waals surface area contributed by atoms with Crippen molar-refractivity contribution < 1.29 is 19.4 Å². The summed E-state index contributed by atoms with van der Waals surface area (Å²) >= 11 is 0. The van der Waals surface area contributed by atoms with Gasteiger partial charge >= 0.3 is 5.97 Å². The van der Waals surface area contributed by atoms with Crippen LogP contribution in [0, 0.1) is 11.8 Å². The number of hydrogen-bond acceptors (Lipinski definition) is 4. The summed E-state index contributed by atoms with van der Waals surface area (Å²) in [5.41, 5.74) is 0. The summed E-state index contributed by atoms with van der Waals surface area (Å²) < 4.78 is 4.72. The first-order valence-electron chi connectivity index (χ1n) is 4.51. The fourth-order valence-electron chi connectivity index (χ4n) is 1.52. The lowest BCUT2D eigenvalue weighted by atomic mass is 9.90. The lowest BCUT2D eigenvalue weighted by Gasteiger charge is -2.09. The number of cyclic esters (lactones) is 1. The summed E-state index contributed by atoms with van der Waals surface area (Å²) in [6.07, 6.45) is 1.11. The average molecular weight is 186 g/mol. The molecule has 1 heterocycles. The second-order valence-corrected chi connectivity index (χ2v) is 3.27. The van der Waals surface area contributed by atoms with Gasteiger partial charge in [0.05, 0.1) is 13.2 Å². The first-order chi connectivity index (χ1) is 6.20. The second kappa shape index (κ2) is 4.37. The van der Waals surface area contributed by atoms with Crippen molar-refractivity contribution in [2.24, 2.45) is 11.8 Å². The maximum atomic E-state index is 11.4. The summed E-state index contributed by atoms with van der Waals surface area (Å²) in [4.78, 5) is 22.5. The van der Waals surface area contributed by atoms with Crippen LogP contribution >= 0.6 is 0 Å². The molecule has 0 aliphatic carbocycles. The number of hydrogen-bond donors (Lipinski definition) is 1. The normalized spacial score (nSPS) is 27.4. The molecule has 2 atom stereocenters. The number of ether oxygens (including phenoxy) is 1. The minimum atomic E-state index is -0.718. The van der Waals surface area contributed by atoms with Crippen LogP contribution in [0.2, 0.25) is 0 Å². The number of carbonyl (C=O) groups is 2. The Bertz CT molecular complexity index is 212. The van der Waals surface area contributed by atoms with Gasteiger partial charge in [0.1, 0.15) is 11.7 Å². The van der Waals surface area contributed by atoms with Crippen LogP contribution in [0.3, 0.4) is 0 Å². The maximum absolute atomic E-state index is 11.4. The molecule has 1 saturated heterocycles. The van der Waals surface area contributed by atoms with Crippen LogP contribution in [0.15, 0.2) is 0 Å². The van der Waals surface area contributed by atoms with Crippen LogP contribution in [-0.2, 0) is 14.3 Å². The zero-order valence-electron chi connectivity index (χ0n) is 7.66. The van der Waals surface area contributed by atoms with Crippen LogP contribution in [0.5, 0.6) is 0 Å². The third-order valence-corrected chi connectivity index (χ3v) is 2.24. The van der Waals surface area contributed by atoms with E-state index in [4.69, 9.17) is 9.84 Å². The summed E-state index contributed by atoms with van der Waals surface area (Å²) in [7, 11) is 0. The molecule has 13 heavy (non-hydrogen) atoms. The van der Waals surface area contributed by atoms with Crippen molar-refractivity contribution in [2.45, 2.75) is 19.8 Å². The molecule has 0 saturated carbocycles. The van der Waals surface area contributed by atoms with Crippen LogP contribution in [0.4, 0.5) is 0 Å². The van der Waals surface area contributed by atoms with E-state index in [2.05, 4.69) is 0 Å². The molecule has 1 aliphatic heterocycles. The van der Waals surface area contributed by atoms with Crippen molar-refractivity contribution >= 4 is 11.8 Å². The number of ketones is 1. The van der Waals surface area contributed by atoms with Gasteiger partial charge in [0.15, 0.2) is 0 Å². The third-order valence-electron chi connectivity index (χ3n) is 2.24. The fraction of sp³-hybridized carbons (Fsp3) is 0.778. The minimum Gasteiger partial charge on any atom is -0.465 e. The molecule has 4 heteroatoms. The molecule has 1 aliphatic rings. The van der Waals surface area contributed by atoms with E-state index >= 15 is 0 Å². The van der Waals surface area contributed by atoms with Gasteiger partial charge in [-0.1, -0.05) is 6.92 Å². The van der Waals surface area contributed by atoms with E-state index in [1.54, 1.807) is 0 Å². The van der Waals surface area contributed by atoms with Gasteiger partial charge in [-0.3, -0.25) is 9.59 Å². The van der Waals surface area contributed by atoms with Gasteiger partial charge in [0, 0.05) is 12.3 Å². The van der Waals surface area contributed by atoms with Gasteiger partial charge in [-0.25, -0.2) is 0 Å². The van der Waals surface area contributed by atoms with E-state index < -0.39 is 11.9 Å². The molecule has 0 unspecified atom stereocenters. The summed E-state index contributed by atoms with van der Waals surface area (Å²) in [5, 5.41) is 8.89. The van der Waals surface area contributed by atoms with Gasteiger partial charge in [0.25, 0.3) is 0 Å². The van der Waals surface area contributed by atoms with Crippen molar-refractivity contribution in [3.63, 3.8) is 0 Å². The second-order valence-electron chi connectivity index (χ2n) is 3.27. The standard InChI is InChI=1S/C9H14O4/c1-2-3-7(11)8-6(4-10)5-13-9(8)12/h6,8,10H,2-5H2,1H3/t6-,8-/m1/s1. The van der Waals surface area contributed by atoms with Gasteiger partial charge in [-0.2, -0.15) is 0 Å². The highest BCUT2D eigenvalue weighted by molar-refractivity contribution is 6.00. The van der Waals surface area contributed by atoms with Gasteiger partial charge in [0.2, 0.25) is 0 Å². The number of carbonyl (C=O) groups excluding carboxylic acids is 2. The highest BCUT2D eigenvalue weighted by Gasteiger charge is 2.40. The predicted molar refractivity (Wildman–Crippen MR) is 44.9 cm³/mol. The highest BCUT2D eigenvalue weighted by Crippen LogP contribution is 2.24. The molecular weight excluding hydrogens is 172 g/mol. The average Bonchev–Trinajstić information content (AvgIpc) is 2.47. The Kier molecular flexibility index (Phi) is 3.42. The van der Waals surface area contributed by atoms with E-state index in [-0.39, 0.29) is 24.9 Å². The van der Waals surface area contributed by atoms with Crippen molar-refractivity contribution in [3.05, 3.63) is 0 Å². The van der Waals surface area contributed by atoms with Crippen LogP contribution < -0.4 is 0 Å². The molecule has 4 nitrogen and oxygen atoms in total. The molecule has 1 fully saturated rings. The third kappa shape index (κ3) is 2.06. The summed E-state index contributed by atoms with van der Waals surface area (Å²) in [6, 6.07) is 0. The summed E-state index contributed by atoms with van der Waals surface area (Å²) in [6.45, 7) is 1.90. The molecule has 0 aromatic rings. The Morgan fingerprint density at radius 3 is 2.92 bits per heavy atom. The number of aliphatic hydroxyl groups excluding tert-OH is 1. The largest absolute Gasteiger partial charge is 0.465 e. The van der Waals surface area contributed by atoms with Crippen molar-refractivity contribution in [1.82, 2.24) is 0 Å². The van der Waals surface area contributed by atoms with Crippen molar-refractivity contribution in [2.75, 3.05) is 13.2 Å². The van der Waals surface area contributed by atoms with Gasteiger partial charge in [-0.15, -0.1) is 0 Å². The minimum absolute atomic E-state index is 0.107. The van der Waals surface area contributed by atoms with Gasteiger partial charge < -0.3 is 9.84 Å². The molecule has 1 N–H and O–H groups in total. The fourth-order valence-corrected chi connectivity index (χ4v) is 1.52. The lowest BCUT2D eigenvalue weighted by Crippen LogP contribution is -2.27. The molecule has 0 bridgehead atoms. The Morgan fingerprint density at radius 2 is 2.38 bits per heavy atom. The molecule has 0 amide bonds. The van der Waals surface area contributed by atoms with E-state index in [0.29, 0.717) is 6.42 Å². The molecule has 0 radical (unpaired) electrons. The SMILES string of the molecule is CCCC(=O)[C@@H]1C(=O)OC[C@H]1CO. The lowest BCUT2D eigenvalue weighted by molar-refractivity contribution is -0.144. The topological polar surface area (TPSA) is 63.6 Å². The molecule has 74 valence electrons. The van der Waals surface area contributed by atoms with Crippen LogP contribution in [0.1, 0.15) is 19.8 Å². The first kappa shape index (κ1) is 10.2. The van der Waals surface area contributed by atoms with E-state index in [1.807, 2.05) is 6.92 Å². The molecule has 1 rings (SSSR count). The van der Waals surface area contributed by atoms with Crippen molar-refractivity contribution in [3.8, 4) is 0 Å².